The average molecular weight is 373 g/mol. The predicted molar refractivity (Wildman–Crippen MR) is 88.8 cm³/mol. The van der Waals surface area contributed by atoms with E-state index in [0.29, 0.717) is 28.9 Å². The van der Waals surface area contributed by atoms with E-state index < -0.39 is 10.0 Å². The molecule has 0 atom stereocenters. The van der Waals surface area contributed by atoms with Gasteiger partial charge in [-0.15, -0.1) is 0 Å². The number of benzene rings is 1. The van der Waals surface area contributed by atoms with Gasteiger partial charge in [-0.25, -0.2) is 13.4 Å². The number of sulfonamides is 1. The molecule has 0 bridgehead atoms. The van der Waals surface area contributed by atoms with E-state index in [2.05, 4.69) is 4.98 Å². The van der Waals surface area contributed by atoms with Crippen LogP contribution in [-0.4, -0.2) is 30.8 Å². The van der Waals surface area contributed by atoms with E-state index in [1.807, 2.05) is 0 Å². The third kappa shape index (κ3) is 3.61. The summed E-state index contributed by atoms with van der Waals surface area (Å²) in [5.41, 5.74) is 0. The van der Waals surface area contributed by atoms with Crippen LogP contribution in [0, 0.1) is 0 Å². The zero-order valence-corrected chi connectivity index (χ0v) is 14.4. The maximum Gasteiger partial charge on any atom is 0.244 e. The highest BCUT2D eigenvalue weighted by Crippen LogP contribution is 2.31. The standard InChI is InChI=1S/C15H14Cl2N2O3S/c16-11-3-5-13(17)14(9-11)22-15-6-4-12(10-18-15)23(20,21)19-7-1-2-8-19/h3-6,9-10H,1-2,7-8H2. The highest BCUT2D eigenvalue weighted by Gasteiger charge is 2.27. The molecule has 2 aromatic rings. The zero-order valence-electron chi connectivity index (χ0n) is 12.1. The van der Waals surface area contributed by atoms with Crippen LogP contribution >= 0.6 is 23.2 Å². The number of pyridine rings is 1. The minimum absolute atomic E-state index is 0.156. The van der Waals surface area contributed by atoms with E-state index in [1.54, 1.807) is 18.2 Å². The van der Waals surface area contributed by atoms with Crippen LogP contribution in [0.3, 0.4) is 0 Å². The molecule has 23 heavy (non-hydrogen) atoms. The van der Waals surface area contributed by atoms with E-state index in [0.717, 1.165) is 12.8 Å². The summed E-state index contributed by atoms with van der Waals surface area (Å²) in [5.74, 6) is 0.608. The third-order valence-electron chi connectivity index (χ3n) is 3.52. The van der Waals surface area contributed by atoms with Crippen molar-refractivity contribution in [3.05, 3.63) is 46.6 Å². The summed E-state index contributed by atoms with van der Waals surface area (Å²) in [6.45, 7) is 1.11. The van der Waals surface area contributed by atoms with Crippen LogP contribution in [0.15, 0.2) is 41.4 Å². The average Bonchev–Trinajstić information content (AvgIpc) is 3.07. The van der Waals surface area contributed by atoms with Crippen LogP contribution in [0.5, 0.6) is 11.6 Å². The number of ether oxygens (including phenoxy) is 1. The number of halogens is 2. The summed E-state index contributed by atoms with van der Waals surface area (Å²) < 4.78 is 31.8. The molecule has 1 aliphatic rings. The monoisotopic (exact) mass is 372 g/mol. The molecule has 0 saturated carbocycles. The lowest BCUT2D eigenvalue weighted by atomic mass is 10.3. The van der Waals surface area contributed by atoms with Crippen molar-refractivity contribution in [2.45, 2.75) is 17.7 Å². The Bertz CT molecular complexity index is 804. The number of rotatable bonds is 4. The summed E-state index contributed by atoms with van der Waals surface area (Å²) in [7, 11) is -3.48. The Morgan fingerprint density at radius 2 is 1.83 bits per heavy atom. The SMILES string of the molecule is O=S(=O)(c1ccc(Oc2cc(Cl)ccc2Cl)nc1)N1CCCC1. The summed E-state index contributed by atoms with van der Waals surface area (Å²) in [4.78, 5) is 4.21. The number of nitrogens with zero attached hydrogens (tertiary/aromatic N) is 2. The molecule has 0 unspecified atom stereocenters. The Morgan fingerprint density at radius 3 is 2.48 bits per heavy atom. The van der Waals surface area contributed by atoms with Gasteiger partial charge in [0.15, 0.2) is 0 Å². The van der Waals surface area contributed by atoms with Gasteiger partial charge in [-0.3, -0.25) is 0 Å². The third-order valence-corrected chi connectivity index (χ3v) is 5.95. The molecule has 0 amide bonds. The molecular formula is C15H14Cl2N2O3S. The molecule has 3 rings (SSSR count). The molecule has 0 radical (unpaired) electrons. The van der Waals surface area contributed by atoms with Gasteiger partial charge in [-0.2, -0.15) is 4.31 Å². The van der Waals surface area contributed by atoms with E-state index >= 15 is 0 Å². The maximum absolute atomic E-state index is 12.4. The Morgan fingerprint density at radius 1 is 1.09 bits per heavy atom. The fourth-order valence-electron chi connectivity index (χ4n) is 2.33. The molecule has 1 aromatic heterocycles. The lowest BCUT2D eigenvalue weighted by Crippen LogP contribution is -2.27. The lowest BCUT2D eigenvalue weighted by molar-refractivity contribution is 0.460. The minimum Gasteiger partial charge on any atom is -0.437 e. The van der Waals surface area contributed by atoms with Crippen LogP contribution in [0.2, 0.25) is 10.0 Å². The van der Waals surface area contributed by atoms with Crippen molar-refractivity contribution in [3.63, 3.8) is 0 Å². The summed E-state index contributed by atoms with van der Waals surface area (Å²) in [6.07, 6.45) is 3.07. The lowest BCUT2D eigenvalue weighted by Gasteiger charge is -2.15. The predicted octanol–water partition coefficient (Wildman–Crippen LogP) is 3.97. The van der Waals surface area contributed by atoms with Crippen molar-refractivity contribution in [2.24, 2.45) is 0 Å². The van der Waals surface area contributed by atoms with Crippen LogP contribution in [-0.2, 0) is 10.0 Å². The van der Waals surface area contributed by atoms with Crippen molar-refractivity contribution in [1.82, 2.24) is 9.29 Å². The fourth-order valence-corrected chi connectivity index (χ4v) is 4.11. The first-order chi connectivity index (χ1) is 11.0. The van der Waals surface area contributed by atoms with Crippen molar-refractivity contribution >= 4 is 33.2 Å². The summed E-state index contributed by atoms with van der Waals surface area (Å²) >= 11 is 11.9. The van der Waals surface area contributed by atoms with Crippen LogP contribution < -0.4 is 4.74 Å². The van der Waals surface area contributed by atoms with Crippen molar-refractivity contribution < 1.29 is 13.2 Å². The first-order valence-electron chi connectivity index (χ1n) is 7.06. The van der Waals surface area contributed by atoms with Crippen LogP contribution in [0.25, 0.3) is 0 Å². The number of hydrogen-bond acceptors (Lipinski definition) is 4. The Hall–Kier alpha value is -1.34. The quantitative estimate of drug-likeness (QED) is 0.814. The Labute approximate surface area is 144 Å². The molecule has 0 N–H and O–H groups in total. The van der Waals surface area contributed by atoms with Crippen molar-refractivity contribution in [1.29, 1.82) is 0 Å². The number of hydrogen-bond donors (Lipinski definition) is 0. The summed E-state index contributed by atoms with van der Waals surface area (Å²) in [6, 6.07) is 7.82. The van der Waals surface area contributed by atoms with Gasteiger partial charge in [0.25, 0.3) is 0 Å². The molecule has 1 aromatic carbocycles. The second kappa shape index (κ2) is 6.65. The molecule has 2 heterocycles. The topological polar surface area (TPSA) is 59.5 Å². The zero-order chi connectivity index (χ0) is 16.4. The van der Waals surface area contributed by atoms with Gasteiger partial charge in [-0.05, 0) is 31.0 Å². The molecule has 1 fully saturated rings. The molecule has 122 valence electrons. The Balaban J connectivity index is 1.81. The molecule has 0 aliphatic carbocycles. The van der Waals surface area contributed by atoms with E-state index in [9.17, 15) is 8.42 Å². The molecule has 1 saturated heterocycles. The van der Waals surface area contributed by atoms with Gasteiger partial charge in [0, 0.05) is 30.2 Å². The van der Waals surface area contributed by atoms with E-state index in [-0.39, 0.29) is 10.8 Å². The smallest absolute Gasteiger partial charge is 0.244 e. The van der Waals surface area contributed by atoms with Crippen LogP contribution in [0.4, 0.5) is 0 Å². The Kier molecular flexibility index (Phi) is 4.77. The van der Waals surface area contributed by atoms with Crippen molar-refractivity contribution in [3.8, 4) is 11.6 Å². The fraction of sp³-hybridized carbons (Fsp3) is 0.267. The highest BCUT2D eigenvalue weighted by atomic mass is 35.5. The van der Waals surface area contributed by atoms with Gasteiger partial charge in [0.1, 0.15) is 10.6 Å². The largest absolute Gasteiger partial charge is 0.437 e. The molecule has 1 aliphatic heterocycles. The minimum atomic E-state index is -3.48. The normalized spacial score (nSPS) is 15.7. The van der Waals surface area contributed by atoms with Gasteiger partial charge in [0.2, 0.25) is 15.9 Å². The molecule has 5 nitrogen and oxygen atoms in total. The maximum atomic E-state index is 12.4. The molecule has 8 heteroatoms. The molecular weight excluding hydrogens is 359 g/mol. The van der Waals surface area contributed by atoms with Crippen LogP contribution in [0.1, 0.15) is 12.8 Å². The van der Waals surface area contributed by atoms with Crippen molar-refractivity contribution in [2.75, 3.05) is 13.1 Å². The summed E-state index contributed by atoms with van der Waals surface area (Å²) in [5, 5.41) is 0.877. The first kappa shape index (κ1) is 16.5. The second-order valence-corrected chi connectivity index (χ2v) is 7.90. The van der Waals surface area contributed by atoms with E-state index in [4.69, 9.17) is 27.9 Å². The van der Waals surface area contributed by atoms with Gasteiger partial charge >= 0.3 is 0 Å². The number of aromatic nitrogens is 1. The first-order valence-corrected chi connectivity index (χ1v) is 9.25. The van der Waals surface area contributed by atoms with Gasteiger partial charge < -0.3 is 4.74 Å². The molecule has 0 spiro atoms. The second-order valence-electron chi connectivity index (χ2n) is 5.12. The van der Waals surface area contributed by atoms with E-state index in [1.165, 1.54) is 22.6 Å². The van der Waals surface area contributed by atoms with Gasteiger partial charge in [-0.1, -0.05) is 23.2 Å². The highest BCUT2D eigenvalue weighted by molar-refractivity contribution is 7.89. The van der Waals surface area contributed by atoms with Gasteiger partial charge in [0.05, 0.1) is 11.2 Å².